The van der Waals surface area contributed by atoms with Crippen LogP contribution in [0.1, 0.15) is 96.0 Å². The molecular formula is C34H56N2O5. The van der Waals surface area contributed by atoms with Crippen molar-refractivity contribution < 1.29 is 24.6 Å². The molecular weight excluding hydrogens is 516 g/mol. The predicted molar refractivity (Wildman–Crippen MR) is 169 cm³/mol. The van der Waals surface area contributed by atoms with Crippen molar-refractivity contribution in [1.82, 2.24) is 5.06 Å². The number of nitrogens with zero attached hydrogens (tertiary/aromatic N) is 1. The summed E-state index contributed by atoms with van der Waals surface area (Å²) in [4.78, 5) is 28.4. The zero-order chi connectivity index (χ0) is 31.4. The highest BCUT2D eigenvalue weighted by atomic mass is 16.7. The topological polar surface area (TPSA) is 113 Å². The number of hydrogen-bond donors (Lipinski definition) is 3. The molecule has 41 heavy (non-hydrogen) atoms. The highest BCUT2D eigenvalue weighted by molar-refractivity contribution is 5.80. The first kappa shape index (κ1) is 38.4. The summed E-state index contributed by atoms with van der Waals surface area (Å²) >= 11 is 0. The minimum Gasteiger partial charge on any atom is -0.400 e. The van der Waals surface area contributed by atoms with Crippen LogP contribution >= 0.6 is 0 Å². The van der Waals surface area contributed by atoms with Gasteiger partial charge in [0.1, 0.15) is 12.3 Å². The molecule has 0 fully saturated rings. The first-order chi connectivity index (χ1) is 19.5. The van der Waals surface area contributed by atoms with Gasteiger partial charge in [0.2, 0.25) is 5.91 Å². The van der Waals surface area contributed by atoms with Crippen molar-refractivity contribution in [2.45, 2.75) is 92.7 Å². The first-order valence-corrected chi connectivity index (χ1v) is 14.8. The van der Waals surface area contributed by atoms with Crippen LogP contribution in [0.3, 0.4) is 0 Å². The van der Waals surface area contributed by atoms with Crippen LogP contribution in [0.4, 0.5) is 0 Å². The SMILES string of the molecule is CCC(C)CCCC(C)(C)C.CCC(CCO)C(C(N)=O)N(Cc1cccc(-c2ccc(C=O)cc2)c1)OC.CO. The van der Waals surface area contributed by atoms with Crippen LogP contribution in [0.2, 0.25) is 0 Å². The fourth-order valence-electron chi connectivity index (χ4n) is 4.61. The van der Waals surface area contributed by atoms with Crippen molar-refractivity contribution in [3.05, 3.63) is 59.7 Å². The maximum Gasteiger partial charge on any atom is 0.237 e. The molecule has 7 heteroatoms. The zero-order valence-electron chi connectivity index (χ0n) is 26.7. The summed E-state index contributed by atoms with van der Waals surface area (Å²) < 4.78 is 0. The van der Waals surface area contributed by atoms with Gasteiger partial charge in [0.15, 0.2) is 0 Å². The number of primary amides is 1. The lowest BCUT2D eigenvalue weighted by Gasteiger charge is -2.32. The van der Waals surface area contributed by atoms with Gasteiger partial charge in [0, 0.05) is 19.3 Å². The second kappa shape index (κ2) is 21.2. The van der Waals surface area contributed by atoms with Gasteiger partial charge in [0.05, 0.1) is 13.7 Å². The third-order valence-corrected chi connectivity index (χ3v) is 7.27. The summed E-state index contributed by atoms with van der Waals surface area (Å²) in [5.41, 5.74) is 9.78. The third kappa shape index (κ3) is 15.3. The van der Waals surface area contributed by atoms with E-state index in [1.165, 1.54) is 32.8 Å². The van der Waals surface area contributed by atoms with Gasteiger partial charge in [-0.25, -0.2) is 0 Å². The molecule has 0 saturated heterocycles. The Morgan fingerprint density at radius 2 is 1.66 bits per heavy atom. The average molecular weight is 573 g/mol. The molecule has 1 amide bonds. The second-order valence-electron chi connectivity index (χ2n) is 11.7. The molecule has 232 valence electrons. The summed E-state index contributed by atoms with van der Waals surface area (Å²) in [5.74, 6) is 0.363. The van der Waals surface area contributed by atoms with Crippen molar-refractivity contribution >= 4 is 12.2 Å². The molecule has 3 atom stereocenters. The van der Waals surface area contributed by atoms with E-state index in [1.54, 1.807) is 17.2 Å². The van der Waals surface area contributed by atoms with Crippen LogP contribution in [-0.2, 0) is 16.2 Å². The van der Waals surface area contributed by atoms with Crippen LogP contribution in [0.15, 0.2) is 48.5 Å². The number of nitrogens with two attached hydrogens (primary N) is 1. The van der Waals surface area contributed by atoms with Gasteiger partial charge in [-0.05, 0) is 52.8 Å². The highest BCUT2D eigenvalue weighted by Crippen LogP contribution is 2.25. The number of aliphatic hydroxyl groups excluding tert-OH is 2. The molecule has 0 spiro atoms. The Balaban J connectivity index is 0.00000104. The Morgan fingerprint density at radius 3 is 2.12 bits per heavy atom. The number of benzene rings is 2. The molecule has 0 aromatic heterocycles. The minimum absolute atomic E-state index is 0.00783. The Bertz CT molecular complexity index is 972. The van der Waals surface area contributed by atoms with Gasteiger partial charge in [0.25, 0.3) is 0 Å². The summed E-state index contributed by atoms with van der Waals surface area (Å²) in [7, 11) is 2.52. The number of aliphatic hydroxyl groups is 2. The van der Waals surface area contributed by atoms with Crippen molar-refractivity contribution in [3.63, 3.8) is 0 Å². The number of hydroxylamine groups is 2. The molecule has 7 nitrogen and oxygen atoms in total. The third-order valence-electron chi connectivity index (χ3n) is 7.27. The molecule has 2 rings (SSSR count). The lowest BCUT2D eigenvalue weighted by atomic mass is 9.88. The second-order valence-corrected chi connectivity index (χ2v) is 11.7. The number of amides is 1. The largest absolute Gasteiger partial charge is 0.400 e. The molecule has 0 radical (unpaired) electrons. The van der Waals surface area contributed by atoms with Crippen LogP contribution in [0.5, 0.6) is 0 Å². The minimum atomic E-state index is -0.627. The van der Waals surface area contributed by atoms with E-state index in [9.17, 15) is 14.7 Å². The van der Waals surface area contributed by atoms with Crippen molar-refractivity contribution in [1.29, 1.82) is 0 Å². The Labute approximate surface area is 249 Å². The zero-order valence-corrected chi connectivity index (χ0v) is 26.7. The lowest BCUT2D eigenvalue weighted by molar-refractivity contribution is -0.187. The van der Waals surface area contributed by atoms with Crippen LogP contribution in [0.25, 0.3) is 11.1 Å². The van der Waals surface area contributed by atoms with Gasteiger partial charge in [-0.15, -0.1) is 0 Å². The average Bonchev–Trinajstić information content (AvgIpc) is 2.96. The van der Waals surface area contributed by atoms with Gasteiger partial charge < -0.3 is 20.8 Å². The number of carbonyl (C=O) groups is 2. The van der Waals surface area contributed by atoms with Gasteiger partial charge in [-0.2, -0.15) is 5.06 Å². The summed E-state index contributed by atoms with van der Waals surface area (Å²) in [6, 6.07) is 14.6. The normalized spacial score (nSPS) is 13.2. The Kier molecular flexibility index (Phi) is 19.8. The number of carbonyl (C=O) groups excluding carboxylic acids is 2. The van der Waals surface area contributed by atoms with E-state index in [2.05, 4.69) is 34.6 Å². The molecule has 0 saturated carbocycles. The van der Waals surface area contributed by atoms with Crippen molar-refractivity contribution in [3.8, 4) is 11.1 Å². The number of aldehydes is 1. The molecule has 0 aliphatic heterocycles. The van der Waals surface area contributed by atoms with Crippen LogP contribution in [0, 0.1) is 17.3 Å². The van der Waals surface area contributed by atoms with Crippen molar-refractivity contribution in [2.75, 3.05) is 20.8 Å². The number of rotatable bonds is 15. The molecule has 3 unspecified atom stereocenters. The summed E-state index contributed by atoms with van der Waals surface area (Å²) in [6.45, 7) is 13.9. The standard InChI is InChI=1S/C22H28N2O4.C11H24.CH4O/c1-3-18(11-12-25)21(22(23)27)24(28-2)14-17-5-4-6-20(13-17)19-9-7-16(15-26)8-10-19;1-6-10(2)8-7-9-11(3,4)5;1-2/h4-10,13,15,18,21,25H,3,11-12,14H2,1-2H3,(H2,23,27);10H,6-9H2,1-5H3;2H,1H3. The molecule has 0 bridgehead atoms. The highest BCUT2D eigenvalue weighted by Gasteiger charge is 2.31. The summed E-state index contributed by atoms with van der Waals surface area (Å²) in [6.07, 6.45) is 7.52. The molecule has 4 N–H and O–H groups in total. The molecule has 2 aromatic rings. The quantitative estimate of drug-likeness (QED) is 0.163. The van der Waals surface area contributed by atoms with E-state index in [1.807, 2.05) is 43.3 Å². The molecule has 0 aliphatic carbocycles. The van der Waals surface area contributed by atoms with E-state index in [4.69, 9.17) is 15.7 Å². The van der Waals surface area contributed by atoms with Crippen LogP contribution < -0.4 is 5.73 Å². The molecule has 0 heterocycles. The van der Waals surface area contributed by atoms with Gasteiger partial charge >= 0.3 is 0 Å². The fraction of sp³-hybridized carbons (Fsp3) is 0.588. The first-order valence-electron chi connectivity index (χ1n) is 14.8. The van der Waals surface area contributed by atoms with Gasteiger partial charge in [-0.1, -0.05) is 110 Å². The maximum absolute atomic E-state index is 12.1. The van der Waals surface area contributed by atoms with Crippen molar-refractivity contribution in [2.24, 2.45) is 23.0 Å². The molecule has 2 aromatic carbocycles. The maximum atomic E-state index is 12.1. The lowest BCUT2D eigenvalue weighted by Crippen LogP contribution is -2.48. The van der Waals surface area contributed by atoms with E-state index >= 15 is 0 Å². The fourth-order valence-corrected chi connectivity index (χ4v) is 4.61. The van der Waals surface area contributed by atoms with Crippen LogP contribution in [-0.4, -0.2) is 54.3 Å². The molecule has 0 aliphatic rings. The smallest absolute Gasteiger partial charge is 0.237 e. The summed E-state index contributed by atoms with van der Waals surface area (Å²) in [5, 5.41) is 17.9. The Hall–Kier alpha value is -2.58. The Morgan fingerprint density at radius 1 is 1.02 bits per heavy atom. The van der Waals surface area contributed by atoms with Gasteiger partial charge in [-0.3, -0.25) is 9.59 Å². The monoisotopic (exact) mass is 572 g/mol. The van der Waals surface area contributed by atoms with E-state index in [0.29, 0.717) is 30.4 Å². The van der Waals surface area contributed by atoms with E-state index in [0.717, 1.165) is 36.0 Å². The number of hydrogen-bond acceptors (Lipinski definition) is 6. The van der Waals surface area contributed by atoms with E-state index < -0.39 is 11.9 Å². The van der Waals surface area contributed by atoms with E-state index in [-0.39, 0.29) is 12.5 Å². The predicted octanol–water partition coefficient (Wildman–Crippen LogP) is 6.65.